The molecule has 0 aliphatic carbocycles. The monoisotopic (exact) mass is 412 g/mol. The van der Waals surface area contributed by atoms with Gasteiger partial charge in [0.05, 0.1) is 5.69 Å². The average molecular weight is 413 g/mol. The lowest BCUT2D eigenvalue weighted by Gasteiger charge is -2.08. The van der Waals surface area contributed by atoms with E-state index in [1.54, 1.807) is 10.7 Å². The van der Waals surface area contributed by atoms with E-state index in [0.717, 1.165) is 33.2 Å². The summed E-state index contributed by atoms with van der Waals surface area (Å²) in [6.45, 7) is 0.486. The SMILES string of the molecule is Clc1ccc(COc2ccc(-c3ccnc4nc(-c5ccccc5)nn34)cc2)cc1. The van der Waals surface area contributed by atoms with Crippen molar-refractivity contribution >= 4 is 17.4 Å². The van der Waals surface area contributed by atoms with Crippen LogP contribution in [0.1, 0.15) is 5.56 Å². The molecule has 0 unspecified atom stereocenters. The zero-order valence-electron chi connectivity index (χ0n) is 15.9. The molecule has 0 bridgehead atoms. The Kier molecular flexibility index (Phi) is 4.87. The zero-order chi connectivity index (χ0) is 20.3. The maximum Gasteiger partial charge on any atom is 0.253 e. The lowest BCUT2D eigenvalue weighted by atomic mass is 10.1. The van der Waals surface area contributed by atoms with Gasteiger partial charge in [0.25, 0.3) is 5.78 Å². The minimum absolute atomic E-state index is 0.486. The summed E-state index contributed by atoms with van der Waals surface area (Å²) in [5, 5.41) is 5.38. The summed E-state index contributed by atoms with van der Waals surface area (Å²) in [5.41, 5.74) is 3.94. The van der Waals surface area contributed by atoms with Crippen LogP contribution in [0, 0.1) is 0 Å². The van der Waals surface area contributed by atoms with Crippen molar-refractivity contribution in [3.63, 3.8) is 0 Å². The summed E-state index contributed by atoms with van der Waals surface area (Å²) in [5.74, 6) is 2.01. The third-order valence-electron chi connectivity index (χ3n) is 4.74. The van der Waals surface area contributed by atoms with Crippen LogP contribution in [0.15, 0.2) is 91.1 Å². The maximum absolute atomic E-state index is 5.93. The van der Waals surface area contributed by atoms with Crippen LogP contribution >= 0.6 is 11.6 Å². The van der Waals surface area contributed by atoms with Crippen molar-refractivity contribution in [2.24, 2.45) is 0 Å². The maximum atomic E-state index is 5.93. The molecule has 0 spiro atoms. The van der Waals surface area contributed by atoms with E-state index in [1.807, 2.05) is 84.9 Å². The smallest absolute Gasteiger partial charge is 0.253 e. The Morgan fingerprint density at radius 1 is 0.800 bits per heavy atom. The topological polar surface area (TPSA) is 52.3 Å². The first-order valence-corrected chi connectivity index (χ1v) is 9.89. The predicted octanol–water partition coefficient (Wildman–Crippen LogP) is 5.69. The molecule has 0 radical (unpaired) electrons. The summed E-state index contributed by atoms with van der Waals surface area (Å²) in [6.07, 6.45) is 1.75. The Hall–Kier alpha value is -3.70. The fourth-order valence-corrected chi connectivity index (χ4v) is 3.32. The number of nitrogens with zero attached hydrogens (tertiary/aromatic N) is 4. The molecule has 5 aromatic rings. The van der Waals surface area contributed by atoms with Gasteiger partial charge in [-0.05, 0) is 48.0 Å². The average Bonchev–Trinajstić information content (AvgIpc) is 3.24. The lowest BCUT2D eigenvalue weighted by Crippen LogP contribution is -1.97. The fourth-order valence-electron chi connectivity index (χ4n) is 3.19. The Morgan fingerprint density at radius 3 is 2.33 bits per heavy atom. The molecule has 146 valence electrons. The third-order valence-corrected chi connectivity index (χ3v) is 4.99. The van der Waals surface area contributed by atoms with Crippen molar-refractivity contribution in [2.45, 2.75) is 6.61 Å². The quantitative estimate of drug-likeness (QED) is 0.372. The van der Waals surface area contributed by atoms with Crippen molar-refractivity contribution in [2.75, 3.05) is 0 Å². The van der Waals surface area contributed by atoms with E-state index in [0.29, 0.717) is 18.2 Å². The van der Waals surface area contributed by atoms with Crippen molar-refractivity contribution in [3.05, 3.63) is 102 Å². The van der Waals surface area contributed by atoms with E-state index in [4.69, 9.17) is 16.3 Å². The second kappa shape index (κ2) is 7.97. The molecule has 0 aliphatic rings. The molecule has 0 saturated heterocycles. The molecule has 5 nitrogen and oxygen atoms in total. The first-order chi connectivity index (χ1) is 14.8. The highest BCUT2D eigenvalue weighted by Crippen LogP contribution is 2.24. The van der Waals surface area contributed by atoms with Gasteiger partial charge in [0.2, 0.25) is 0 Å². The first kappa shape index (κ1) is 18.3. The van der Waals surface area contributed by atoms with Crippen molar-refractivity contribution < 1.29 is 4.74 Å². The molecule has 0 amide bonds. The number of fused-ring (bicyclic) bond motifs is 1. The molecule has 5 rings (SSSR count). The van der Waals surface area contributed by atoms with Crippen LogP contribution in [-0.2, 0) is 6.61 Å². The largest absolute Gasteiger partial charge is 0.489 e. The Morgan fingerprint density at radius 2 is 1.57 bits per heavy atom. The Labute approximate surface area is 178 Å². The van der Waals surface area contributed by atoms with Gasteiger partial charge in [-0.2, -0.15) is 9.50 Å². The van der Waals surface area contributed by atoms with E-state index in [2.05, 4.69) is 15.1 Å². The number of hydrogen-bond acceptors (Lipinski definition) is 4. The molecule has 6 heteroatoms. The van der Waals surface area contributed by atoms with Gasteiger partial charge in [-0.3, -0.25) is 0 Å². The number of aromatic nitrogens is 4. The van der Waals surface area contributed by atoms with E-state index >= 15 is 0 Å². The molecular weight excluding hydrogens is 396 g/mol. The summed E-state index contributed by atoms with van der Waals surface area (Å²) >= 11 is 5.93. The van der Waals surface area contributed by atoms with E-state index < -0.39 is 0 Å². The second-order valence-electron chi connectivity index (χ2n) is 6.78. The molecule has 2 aromatic heterocycles. The molecule has 3 aromatic carbocycles. The molecule has 0 N–H and O–H groups in total. The number of halogens is 1. The highest BCUT2D eigenvalue weighted by Gasteiger charge is 2.11. The molecule has 0 aliphatic heterocycles. The number of benzene rings is 3. The number of rotatable bonds is 5. The van der Waals surface area contributed by atoms with Gasteiger partial charge in [-0.1, -0.05) is 54.1 Å². The lowest BCUT2D eigenvalue weighted by molar-refractivity contribution is 0.306. The second-order valence-corrected chi connectivity index (χ2v) is 7.22. The number of hydrogen-bond donors (Lipinski definition) is 0. The van der Waals surface area contributed by atoms with E-state index in [1.165, 1.54) is 0 Å². The van der Waals surface area contributed by atoms with Crippen molar-refractivity contribution in [1.82, 2.24) is 19.6 Å². The number of ether oxygens (including phenoxy) is 1. The van der Waals surface area contributed by atoms with Crippen LogP contribution in [0.25, 0.3) is 28.4 Å². The Balaban J connectivity index is 1.40. The highest BCUT2D eigenvalue weighted by atomic mass is 35.5. The van der Waals surface area contributed by atoms with Crippen molar-refractivity contribution in [1.29, 1.82) is 0 Å². The highest BCUT2D eigenvalue weighted by molar-refractivity contribution is 6.30. The predicted molar refractivity (Wildman–Crippen MR) is 117 cm³/mol. The minimum atomic E-state index is 0.486. The minimum Gasteiger partial charge on any atom is -0.489 e. The standard InChI is InChI=1S/C24H17ClN4O/c25-20-10-6-17(7-11-20)16-30-21-12-8-18(9-13-21)22-14-15-26-24-27-23(28-29(22)24)19-4-2-1-3-5-19/h1-15H,16H2. The summed E-state index contributed by atoms with van der Waals surface area (Å²) in [6, 6.07) is 27.4. The normalized spacial score (nSPS) is 11.0. The van der Waals surface area contributed by atoms with Gasteiger partial charge in [0.15, 0.2) is 5.82 Å². The van der Waals surface area contributed by atoms with E-state index in [-0.39, 0.29) is 0 Å². The fraction of sp³-hybridized carbons (Fsp3) is 0.0417. The summed E-state index contributed by atoms with van der Waals surface area (Å²) < 4.78 is 7.65. The zero-order valence-corrected chi connectivity index (χ0v) is 16.7. The Bertz CT molecular complexity index is 1280. The molecule has 0 atom stereocenters. The summed E-state index contributed by atoms with van der Waals surface area (Å²) in [4.78, 5) is 8.92. The van der Waals surface area contributed by atoms with Gasteiger partial charge in [0, 0.05) is 22.3 Å². The molecule has 30 heavy (non-hydrogen) atoms. The molecule has 0 fully saturated rings. The van der Waals surface area contributed by atoms with Gasteiger partial charge >= 0.3 is 0 Å². The van der Waals surface area contributed by atoms with Crippen LogP contribution in [0.3, 0.4) is 0 Å². The summed E-state index contributed by atoms with van der Waals surface area (Å²) in [7, 11) is 0. The molecule has 0 saturated carbocycles. The third kappa shape index (κ3) is 3.75. The van der Waals surface area contributed by atoms with Crippen LogP contribution < -0.4 is 4.74 Å². The van der Waals surface area contributed by atoms with Crippen LogP contribution in [0.5, 0.6) is 5.75 Å². The van der Waals surface area contributed by atoms with Gasteiger partial charge in [0.1, 0.15) is 12.4 Å². The van der Waals surface area contributed by atoms with Crippen LogP contribution in [0.4, 0.5) is 0 Å². The van der Waals surface area contributed by atoms with Gasteiger partial charge < -0.3 is 4.74 Å². The van der Waals surface area contributed by atoms with E-state index in [9.17, 15) is 0 Å². The molecule has 2 heterocycles. The van der Waals surface area contributed by atoms with Crippen LogP contribution in [0.2, 0.25) is 5.02 Å². The van der Waals surface area contributed by atoms with Gasteiger partial charge in [-0.15, -0.1) is 5.10 Å². The first-order valence-electron chi connectivity index (χ1n) is 9.51. The van der Waals surface area contributed by atoms with Crippen LogP contribution in [-0.4, -0.2) is 19.6 Å². The molecular formula is C24H17ClN4O. The van der Waals surface area contributed by atoms with Crippen molar-refractivity contribution in [3.8, 4) is 28.4 Å². The van der Waals surface area contributed by atoms with Gasteiger partial charge in [-0.25, -0.2) is 4.98 Å².